The van der Waals surface area contributed by atoms with Gasteiger partial charge in [0.15, 0.2) is 17.3 Å². The zero-order valence-electron chi connectivity index (χ0n) is 11.1. The van der Waals surface area contributed by atoms with E-state index in [1.165, 1.54) is 0 Å². The van der Waals surface area contributed by atoms with E-state index in [0.717, 1.165) is 17.1 Å². The second-order valence-corrected chi connectivity index (χ2v) is 5.58. The predicted molar refractivity (Wildman–Crippen MR) is 81.7 cm³/mol. The van der Waals surface area contributed by atoms with Crippen LogP contribution in [-0.4, -0.2) is 12.6 Å². The zero-order valence-corrected chi connectivity index (χ0v) is 12.6. The summed E-state index contributed by atoms with van der Waals surface area (Å²) >= 11 is 11.9. The van der Waals surface area contributed by atoms with Crippen molar-refractivity contribution < 1.29 is 14.3 Å². The molecule has 1 heterocycles. The third-order valence-electron chi connectivity index (χ3n) is 3.31. The van der Waals surface area contributed by atoms with Crippen LogP contribution in [0.5, 0.6) is 11.5 Å². The summed E-state index contributed by atoms with van der Waals surface area (Å²) in [6.07, 6.45) is 0.995. The molecule has 0 radical (unpaired) electrons. The normalized spacial score (nSPS) is 12.5. The van der Waals surface area contributed by atoms with Gasteiger partial charge in [0, 0.05) is 17.0 Å². The molecule has 0 spiro atoms. The third kappa shape index (κ3) is 3.14. The van der Waals surface area contributed by atoms with Gasteiger partial charge >= 0.3 is 0 Å². The van der Waals surface area contributed by atoms with Gasteiger partial charge < -0.3 is 9.47 Å². The Morgan fingerprint density at radius 3 is 2.67 bits per heavy atom. The van der Waals surface area contributed by atoms with Crippen LogP contribution >= 0.6 is 23.2 Å². The highest BCUT2D eigenvalue weighted by atomic mass is 35.5. The molecule has 1 aliphatic heterocycles. The number of Topliss-reactive ketones (excluding diaryl/α,β-unsaturated/α-hetero) is 1. The smallest absolute Gasteiger partial charge is 0.231 e. The number of halogens is 2. The van der Waals surface area contributed by atoms with Gasteiger partial charge in [-0.2, -0.15) is 0 Å². The molecular weight excluding hydrogens is 311 g/mol. The van der Waals surface area contributed by atoms with E-state index in [9.17, 15) is 4.79 Å². The van der Waals surface area contributed by atoms with Crippen molar-refractivity contribution in [2.24, 2.45) is 0 Å². The summed E-state index contributed by atoms with van der Waals surface area (Å²) in [5, 5.41) is 0.908. The number of rotatable bonds is 4. The van der Waals surface area contributed by atoms with Crippen molar-refractivity contribution in [3.05, 3.63) is 57.6 Å². The molecule has 2 aromatic carbocycles. The number of hydrogen-bond donors (Lipinski definition) is 0. The Hall–Kier alpha value is -1.71. The van der Waals surface area contributed by atoms with Crippen LogP contribution in [0.15, 0.2) is 36.4 Å². The molecule has 3 nitrogen and oxygen atoms in total. The number of carbonyl (C=O) groups is 1. The van der Waals surface area contributed by atoms with Crippen LogP contribution in [0.4, 0.5) is 0 Å². The van der Waals surface area contributed by atoms with Crippen molar-refractivity contribution in [1.29, 1.82) is 0 Å². The van der Waals surface area contributed by atoms with Gasteiger partial charge in [0.05, 0.1) is 5.02 Å². The largest absolute Gasteiger partial charge is 0.454 e. The fourth-order valence-electron chi connectivity index (χ4n) is 2.20. The maximum absolute atomic E-state index is 12.2. The first-order chi connectivity index (χ1) is 10.1. The summed E-state index contributed by atoms with van der Waals surface area (Å²) in [6.45, 7) is 0.248. The molecule has 0 amide bonds. The lowest BCUT2D eigenvalue weighted by molar-refractivity contribution is 0.0983. The van der Waals surface area contributed by atoms with Gasteiger partial charge in [0.25, 0.3) is 0 Å². The molecule has 0 bridgehead atoms. The van der Waals surface area contributed by atoms with Gasteiger partial charge in [-0.15, -0.1) is 0 Å². The fourth-order valence-corrected chi connectivity index (χ4v) is 2.72. The van der Waals surface area contributed by atoms with Crippen molar-refractivity contribution in [2.45, 2.75) is 12.8 Å². The summed E-state index contributed by atoms with van der Waals surface area (Å²) in [4.78, 5) is 12.2. The molecule has 0 unspecified atom stereocenters. The van der Waals surface area contributed by atoms with Crippen molar-refractivity contribution in [1.82, 2.24) is 0 Å². The Balaban J connectivity index is 1.68. The van der Waals surface area contributed by atoms with E-state index in [4.69, 9.17) is 32.7 Å². The Morgan fingerprint density at radius 2 is 1.86 bits per heavy atom. The van der Waals surface area contributed by atoms with Crippen LogP contribution in [0.25, 0.3) is 0 Å². The molecular formula is C16H12Cl2O3. The Kier molecular flexibility index (Phi) is 4.04. The summed E-state index contributed by atoms with van der Waals surface area (Å²) in [5.74, 6) is 1.46. The van der Waals surface area contributed by atoms with Crippen LogP contribution in [0.1, 0.15) is 22.3 Å². The molecule has 0 aromatic heterocycles. The Labute approximate surface area is 132 Å². The number of ketones is 1. The van der Waals surface area contributed by atoms with E-state index in [0.29, 0.717) is 28.5 Å². The predicted octanol–water partition coefficient (Wildman–Crippen LogP) is 4.54. The molecule has 0 saturated carbocycles. The molecule has 1 aliphatic rings. The monoisotopic (exact) mass is 322 g/mol. The molecule has 0 aliphatic carbocycles. The molecule has 0 atom stereocenters. The highest BCUT2D eigenvalue weighted by Gasteiger charge is 2.15. The summed E-state index contributed by atoms with van der Waals surface area (Å²) in [6, 6.07) is 10.6. The summed E-state index contributed by atoms with van der Waals surface area (Å²) < 4.78 is 10.6. The second kappa shape index (κ2) is 5.96. The quantitative estimate of drug-likeness (QED) is 0.775. The molecule has 0 N–H and O–H groups in total. The van der Waals surface area contributed by atoms with Gasteiger partial charge in [-0.1, -0.05) is 29.3 Å². The van der Waals surface area contributed by atoms with E-state index in [1.54, 1.807) is 18.2 Å². The fraction of sp³-hybridized carbons (Fsp3) is 0.188. The zero-order chi connectivity index (χ0) is 14.8. The lowest BCUT2D eigenvalue weighted by Gasteiger charge is -2.05. The highest BCUT2D eigenvalue weighted by Crippen LogP contribution is 2.33. The molecule has 2 aromatic rings. The van der Waals surface area contributed by atoms with E-state index < -0.39 is 0 Å². The van der Waals surface area contributed by atoms with Crippen molar-refractivity contribution in [2.75, 3.05) is 6.79 Å². The van der Waals surface area contributed by atoms with Crippen LogP contribution in [0, 0.1) is 0 Å². The minimum Gasteiger partial charge on any atom is -0.454 e. The third-order valence-corrected chi connectivity index (χ3v) is 3.86. The lowest BCUT2D eigenvalue weighted by atomic mass is 10.0. The van der Waals surface area contributed by atoms with Gasteiger partial charge in [-0.25, -0.2) is 0 Å². The van der Waals surface area contributed by atoms with Crippen molar-refractivity contribution in [3.8, 4) is 11.5 Å². The number of fused-ring (bicyclic) bond motifs is 1. The van der Waals surface area contributed by atoms with Crippen LogP contribution in [0.2, 0.25) is 10.0 Å². The van der Waals surface area contributed by atoms with Crippen LogP contribution in [-0.2, 0) is 6.42 Å². The van der Waals surface area contributed by atoms with E-state index in [2.05, 4.69) is 0 Å². The minimum atomic E-state index is -0.00525. The topological polar surface area (TPSA) is 35.5 Å². The first kappa shape index (κ1) is 14.2. The van der Waals surface area contributed by atoms with Crippen LogP contribution in [0.3, 0.4) is 0 Å². The standard InChI is InChI=1S/C16H12Cl2O3/c17-11-3-4-12(13(18)8-11)14(19)5-1-10-2-6-15-16(7-10)21-9-20-15/h2-4,6-8H,1,5,9H2. The molecule has 5 heteroatoms. The van der Waals surface area contributed by atoms with Gasteiger partial charge in [-0.05, 0) is 42.3 Å². The first-order valence-corrected chi connectivity index (χ1v) is 7.26. The molecule has 3 rings (SSSR count). The van der Waals surface area contributed by atoms with E-state index in [1.807, 2.05) is 18.2 Å². The molecule has 21 heavy (non-hydrogen) atoms. The minimum absolute atomic E-state index is 0.00525. The Morgan fingerprint density at radius 1 is 1.05 bits per heavy atom. The van der Waals surface area contributed by atoms with Crippen LogP contribution < -0.4 is 9.47 Å². The number of ether oxygens (including phenoxy) is 2. The molecule has 0 fully saturated rings. The van der Waals surface area contributed by atoms with E-state index >= 15 is 0 Å². The first-order valence-electron chi connectivity index (χ1n) is 6.50. The molecule has 108 valence electrons. The second-order valence-electron chi connectivity index (χ2n) is 4.73. The van der Waals surface area contributed by atoms with Gasteiger partial charge in [-0.3, -0.25) is 4.79 Å². The van der Waals surface area contributed by atoms with Crippen molar-refractivity contribution >= 4 is 29.0 Å². The average molecular weight is 323 g/mol. The van der Waals surface area contributed by atoms with Gasteiger partial charge in [0.2, 0.25) is 6.79 Å². The number of aryl methyl sites for hydroxylation is 1. The summed E-state index contributed by atoms with van der Waals surface area (Å²) in [7, 11) is 0. The average Bonchev–Trinajstić information content (AvgIpc) is 2.92. The van der Waals surface area contributed by atoms with Crippen molar-refractivity contribution in [3.63, 3.8) is 0 Å². The number of hydrogen-bond acceptors (Lipinski definition) is 3. The highest BCUT2D eigenvalue weighted by molar-refractivity contribution is 6.36. The lowest BCUT2D eigenvalue weighted by Crippen LogP contribution is -2.02. The number of benzene rings is 2. The number of carbonyl (C=O) groups excluding carboxylic acids is 1. The van der Waals surface area contributed by atoms with E-state index in [-0.39, 0.29) is 12.6 Å². The van der Waals surface area contributed by atoms with Gasteiger partial charge in [0.1, 0.15) is 0 Å². The maximum atomic E-state index is 12.2. The molecule has 0 saturated heterocycles. The Bertz CT molecular complexity index is 698. The summed E-state index contributed by atoms with van der Waals surface area (Å²) in [5.41, 5.74) is 1.53. The SMILES string of the molecule is O=C(CCc1ccc2c(c1)OCO2)c1ccc(Cl)cc1Cl. The maximum Gasteiger partial charge on any atom is 0.231 e.